The number of aromatic nitrogens is 2. The Kier molecular flexibility index (Phi) is 3.62. The van der Waals surface area contributed by atoms with E-state index in [1.807, 2.05) is 18.1 Å². The van der Waals surface area contributed by atoms with Crippen LogP contribution in [-0.2, 0) is 6.42 Å². The van der Waals surface area contributed by atoms with Crippen molar-refractivity contribution in [1.82, 2.24) is 9.97 Å². The standard InChI is InChI=1S/C13H22N4/c1-9-6-10(2)12-11(7-9)8-15-13(16-12)17(3)5-4-14/h8-10H,4-7,14H2,1-3H3. The molecule has 0 bridgehead atoms. The van der Waals surface area contributed by atoms with Gasteiger partial charge in [-0.1, -0.05) is 13.8 Å². The van der Waals surface area contributed by atoms with E-state index in [0.29, 0.717) is 12.5 Å². The topological polar surface area (TPSA) is 55.0 Å². The lowest BCUT2D eigenvalue weighted by Gasteiger charge is -2.27. The normalized spacial score (nSPS) is 23.3. The van der Waals surface area contributed by atoms with Gasteiger partial charge < -0.3 is 10.6 Å². The molecule has 0 aromatic carbocycles. The monoisotopic (exact) mass is 234 g/mol. The van der Waals surface area contributed by atoms with Gasteiger partial charge in [0.2, 0.25) is 5.95 Å². The van der Waals surface area contributed by atoms with Crippen molar-refractivity contribution in [3.8, 4) is 0 Å². The number of nitrogens with zero attached hydrogens (tertiary/aromatic N) is 3. The second-order valence-electron chi connectivity index (χ2n) is 5.24. The van der Waals surface area contributed by atoms with Crippen LogP contribution in [-0.4, -0.2) is 30.1 Å². The van der Waals surface area contributed by atoms with E-state index in [9.17, 15) is 0 Å². The van der Waals surface area contributed by atoms with Crippen LogP contribution in [0.3, 0.4) is 0 Å². The minimum atomic E-state index is 0.543. The molecule has 1 aliphatic rings. The van der Waals surface area contributed by atoms with E-state index in [1.54, 1.807) is 0 Å². The Morgan fingerprint density at radius 3 is 2.94 bits per heavy atom. The summed E-state index contributed by atoms with van der Waals surface area (Å²) in [5.74, 6) is 2.09. The molecule has 0 fully saturated rings. The second-order valence-corrected chi connectivity index (χ2v) is 5.24. The van der Waals surface area contributed by atoms with E-state index in [2.05, 4.69) is 18.8 Å². The van der Waals surface area contributed by atoms with E-state index in [-0.39, 0.29) is 0 Å². The third-order valence-corrected chi connectivity index (χ3v) is 3.48. The molecule has 1 heterocycles. The number of nitrogens with two attached hydrogens (primary N) is 1. The third-order valence-electron chi connectivity index (χ3n) is 3.48. The van der Waals surface area contributed by atoms with Crippen molar-refractivity contribution in [1.29, 1.82) is 0 Å². The maximum Gasteiger partial charge on any atom is 0.225 e. The molecule has 2 unspecified atom stereocenters. The lowest BCUT2D eigenvalue weighted by atomic mass is 9.82. The van der Waals surface area contributed by atoms with Crippen molar-refractivity contribution in [2.75, 3.05) is 25.0 Å². The summed E-state index contributed by atoms with van der Waals surface area (Å²) in [6, 6.07) is 0. The largest absolute Gasteiger partial charge is 0.343 e. The molecule has 2 N–H and O–H groups in total. The highest BCUT2D eigenvalue weighted by Crippen LogP contribution is 2.33. The van der Waals surface area contributed by atoms with Gasteiger partial charge in [-0.05, 0) is 30.2 Å². The highest BCUT2D eigenvalue weighted by molar-refractivity contribution is 5.35. The van der Waals surface area contributed by atoms with E-state index in [1.165, 1.54) is 17.7 Å². The molecule has 0 saturated carbocycles. The van der Waals surface area contributed by atoms with Crippen LogP contribution in [0.15, 0.2) is 6.20 Å². The van der Waals surface area contributed by atoms with Crippen molar-refractivity contribution in [3.05, 3.63) is 17.5 Å². The Morgan fingerprint density at radius 2 is 2.24 bits per heavy atom. The second kappa shape index (κ2) is 5.00. The fourth-order valence-electron chi connectivity index (χ4n) is 2.65. The van der Waals surface area contributed by atoms with Gasteiger partial charge in [-0.25, -0.2) is 9.97 Å². The molecular weight excluding hydrogens is 212 g/mol. The average Bonchev–Trinajstić information content (AvgIpc) is 2.28. The molecule has 2 rings (SSSR count). The Bertz CT molecular complexity index is 391. The minimum absolute atomic E-state index is 0.543. The molecule has 94 valence electrons. The van der Waals surface area contributed by atoms with Crippen LogP contribution in [0.1, 0.15) is 37.4 Å². The van der Waals surface area contributed by atoms with Crippen molar-refractivity contribution in [3.63, 3.8) is 0 Å². The number of hydrogen-bond acceptors (Lipinski definition) is 4. The van der Waals surface area contributed by atoms with E-state index < -0.39 is 0 Å². The van der Waals surface area contributed by atoms with E-state index in [0.717, 1.165) is 24.8 Å². The van der Waals surface area contributed by atoms with Gasteiger partial charge in [0, 0.05) is 26.3 Å². The first kappa shape index (κ1) is 12.3. The highest BCUT2D eigenvalue weighted by Gasteiger charge is 2.23. The van der Waals surface area contributed by atoms with E-state index >= 15 is 0 Å². The minimum Gasteiger partial charge on any atom is -0.343 e. The zero-order valence-electron chi connectivity index (χ0n) is 11.0. The molecule has 2 atom stereocenters. The van der Waals surface area contributed by atoms with Crippen molar-refractivity contribution < 1.29 is 0 Å². The van der Waals surface area contributed by atoms with Crippen LogP contribution in [0, 0.1) is 5.92 Å². The Balaban J connectivity index is 2.27. The molecule has 4 nitrogen and oxygen atoms in total. The summed E-state index contributed by atoms with van der Waals surface area (Å²) in [6.45, 7) is 5.98. The SMILES string of the molecule is CC1Cc2cnc(N(C)CCN)nc2C(C)C1. The predicted molar refractivity (Wildman–Crippen MR) is 70.3 cm³/mol. The van der Waals surface area contributed by atoms with Gasteiger partial charge in [-0.2, -0.15) is 0 Å². The van der Waals surface area contributed by atoms with E-state index in [4.69, 9.17) is 10.7 Å². The third kappa shape index (κ3) is 2.57. The summed E-state index contributed by atoms with van der Waals surface area (Å²) in [5, 5.41) is 0. The van der Waals surface area contributed by atoms with Crippen LogP contribution in [0.5, 0.6) is 0 Å². The molecule has 1 aliphatic carbocycles. The Morgan fingerprint density at radius 1 is 1.47 bits per heavy atom. The average molecular weight is 234 g/mol. The van der Waals surface area contributed by atoms with Crippen LogP contribution in [0.4, 0.5) is 5.95 Å². The molecule has 0 spiro atoms. The quantitative estimate of drug-likeness (QED) is 0.862. The van der Waals surface area contributed by atoms with Gasteiger partial charge in [0.25, 0.3) is 0 Å². The van der Waals surface area contributed by atoms with Crippen LogP contribution in [0.25, 0.3) is 0 Å². The lowest BCUT2D eigenvalue weighted by Crippen LogP contribution is -2.28. The predicted octanol–water partition coefficient (Wildman–Crippen LogP) is 1.56. The summed E-state index contributed by atoms with van der Waals surface area (Å²) in [6.07, 6.45) is 4.33. The van der Waals surface area contributed by atoms with Crippen molar-refractivity contribution >= 4 is 5.95 Å². The summed E-state index contributed by atoms with van der Waals surface area (Å²) in [4.78, 5) is 11.2. The smallest absolute Gasteiger partial charge is 0.225 e. The number of anilines is 1. The van der Waals surface area contributed by atoms with Gasteiger partial charge in [-0.3, -0.25) is 0 Å². The first-order valence-corrected chi connectivity index (χ1v) is 6.38. The molecular formula is C13H22N4. The first-order chi connectivity index (χ1) is 8.11. The fourth-order valence-corrected chi connectivity index (χ4v) is 2.65. The molecule has 0 amide bonds. The van der Waals surface area contributed by atoms with Gasteiger partial charge in [0.15, 0.2) is 0 Å². The molecule has 0 saturated heterocycles. The fraction of sp³-hybridized carbons (Fsp3) is 0.692. The van der Waals surface area contributed by atoms with Gasteiger partial charge in [0.05, 0.1) is 5.69 Å². The van der Waals surface area contributed by atoms with Gasteiger partial charge >= 0.3 is 0 Å². The molecule has 17 heavy (non-hydrogen) atoms. The van der Waals surface area contributed by atoms with Crippen LogP contribution < -0.4 is 10.6 Å². The maximum absolute atomic E-state index is 5.55. The first-order valence-electron chi connectivity index (χ1n) is 6.38. The summed E-state index contributed by atoms with van der Waals surface area (Å²) in [5.41, 5.74) is 8.11. The van der Waals surface area contributed by atoms with Gasteiger partial charge in [-0.15, -0.1) is 0 Å². The van der Waals surface area contributed by atoms with Crippen molar-refractivity contribution in [2.45, 2.75) is 32.6 Å². The Hall–Kier alpha value is -1.16. The summed E-state index contributed by atoms with van der Waals surface area (Å²) < 4.78 is 0. The molecule has 4 heteroatoms. The number of likely N-dealkylation sites (N-methyl/N-ethyl adjacent to an activating group) is 1. The summed E-state index contributed by atoms with van der Waals surface area (Å²) in [7, 11) is 1.99. The maximum atomic E-state index is 5.55. The summed E-state index contributed by atoms with van der Waals surface area (Å²) >= 11 is 0. The Labute approximate surface area is 103 Å². The zero-order valence-corrected chi connectivity index (χ0v) is 11.0. The van der Waals surface area contributed by atoms with Crippen LogP contribution in [0.2, 0.25) is 0 Å². The van der Waals surface area contributed by atoms with Crippen LogP contribution >= 0.6 is 0 Å². The number of hydrogen-bond donors (Lipinski definition) is 1. The van der Waals surface area contributed by atoms with Gasteiger partial charge in [0.1, 0.15) is 0 Å². The zero-order chi connectivity index (χ0) is 12.4. The number of rotatable bonds is 3. The highest BCUT2D eigenvalue weighted by atomic mass is 15.2. The molecule has 0 aliphatic heterocycles. The molecule has 1 aromatic heterocycles. The number of fused-ring (bicyclic) bond motifs is 1. The van der Waals surface area contributed by atoms with Crippen molar-refractivity contribution in [2.24, 2.45) is 11.7 Å². The lowest BCUT2D eigenvalue weighted by molar-refractivity contribution is 0.439. The molecule has 0 radical (unpaired) electrons. The molecule has 1 aromatic rings.